The van der Waals surface area contributed by atoms with Crippen molar-refractivity contribution in [2.75, 3.05) is 0 Å². The van der Waals surface area contributed by atoms with E-state index in [0.29, 0.717) is 17.1 Å². The van der Waals surface area contributed by atoms with E-state index in [1.54, 1.807) is 30.5 Å². The Labute approximate surface area is 161 Å². The summed E-state index contributed by atoms with van der Waals surface area (Å²) in [5.74, 6) is 0.482. The van der Waals surface area contributed by atoms with Crippen LogP contribution in [0.4, 0.5) is 0 Å². The molecule has 0 saturated carbocycles. The second kappa shape index (κ2) is 8.33. The fourth-order valence-electron chi connectivity index (χ4n) is 2.74. The summed E-state index contributed by atoms with van der Waals surface area (Å²) in [7, 11) is 0. The van der Waals surface area contributed by atoms with Crippen LogP contribution in [0.25, 0.3) is 6.08 Å². The number of aromatic hydroxyl groups is 2. The quantitative estimate of drug-likeness (QED) is 0.236. The number of phenols is 2. The van der Waals surface area contributed by atoms with Gasteiger partial charge in [0.15, 0.2) is 35.3 Å². The van der Waals surface area contributed by atoms with Crippen molar-refractivity contribution in [1.82, 2.24) is 10.6 Å². The number of hydrogen-bond acceptors (Lipinski definition) is 10. The molecule has 1 aliphatic heterocycles. The summed E-state index contributed by atoms with van der Waals surface area (Å²) < 4.78 is 12.1. The molecule has 10 nitrogen and oxygen atoms in total. The third-order valence-corrected chi connectivity index (χ3v) is 4.00. The van der Waals surface area contributed by atoms with Crippen LogP contribution in [-0.4, -0.2) is 29.0 Å². The number of benzene rings is 2. The lowest BCUT2D eigenvalue weighted by atomic mass is 10.1. The molecule has 28 heavy (non-hydrogen) atoms. The molecule has 2 atom stereocenters. The van der Waals surface area contributed by atoms with Gasteiger partial charge in [-0.1, -0.05) is 12.1 Å². The lowest BCUT2D eigenvalue weighted by Gasteiger charge is -2.35. The Balaban J connectivity index is 1.88. The van der Waals surface area contributed by atoms with Crippen LogP contribution in [0.15, 0.2) is 42.6 Å². The van der Waals surface area contributed by atoms with Gasteiger partial charge in [0.1, 0.15) is 12.6 Å². The first-order valence-corrected chi connectivity index (χ1v) is 8.53. The Morgan fingerprint density at radius 1 is 0.893 bits per heavy atom. The molecule has 0 spiro atoms. The molecule has 0 amide bonds. The van der Waals surface area contributed by atoms with Crippen molar-refractivity contribution >= 4 is 6.08 Å². The predicted molar refractivity (Wildman–Crippen MR) is 104 cm³/mol. The number of fused-ring (bicyclic) bond motifs is 1. The Morgan fingerprint density at radius 3 is 2.36 bits per heavy atom. The highest BCUT2D eigenvalue weighted by atomic mass is 16.6. The van der Waals surface area contributed by atoms with Crippen LogP contribution in [-0.2, 0) is 0 Å². The third-order valence-electron chi connectivity index (χ3n) is 4.00. The van der Waals surface area contributed by atoms with E-state index in [1.165, 1.54) is 12.1 Å². The maximum atomic E-state index is 9.80. The van der Waals surface area contributed by atoms with Crippen molar-refractivity contribution in [1.29, 1.82) is 0 Å². The van der Waals surface area contributed by atoms with E-state index < -0.39 is 24.9 Å². The highest BCUT2D eigenvalue weighted by Gasteiger charge is 2.34. The second-order valence-corrected chi connectivity index (χ2v) is 6.25. The van der Waals surface area contributed by atoms with E-state index in [2.05, 4.69) is 10.6 Å². The maximum absolute atomic E-state index is 9.80. The molecule has 0 fully saturated rings. The van der Waals surface area contributed by atoms with Crippen LogP contribution in [0.1, 0.15) is 17.2 Å². The molecular formula is C18H24N6O4. The van der Waals surface area contributed by atoms with Gasteiger partial charge in [-0.05, 0) is 42.1 Å². The van der Waals surface area contributed by atoms with Gasteiger partial charge < -0.3 is 36.5 Å². The Morgan fingerprint density at radius 2 is 1.68 bits per heavy atom. The Hall–Kier alpha value is -3.02. The Kier molecular flexibility index (Phi) is 5.87. The molecule has 0 aromatic heterocycles. The number of ether oxygens (including phenoxy) is 2. The number of nitrogens with one attached hydrogen (secondary N) is 2. The summed E-state index contributed by atoms with van der Waals surface area (Å²) in [6, 6.07) is 9.73. The highest BCUT2D eigenvalue weighted by molar-refractivity contribution is 5.56. The predicted octanol–water partition coefficient (Wildman–Crippen LogP) is -0.512. The minimum absolute atomic E-state index is 0.233. The molecule has 12 N–H and O–H groups in total. The molecule has 2 aromatic carbocycles. The van der Waals surface area contributed by atoms with Crippen LogP contribution < -0.4 is 43.0 Å². The first-order chi connectivity index (χ1) is 13.3. The van der Waals surface area contributed by atoms with Gasteiger partial charge in [0.05, 0.1) is 0 Å². The first-order valence-electron chi connectivity index (χ1n) is 8.53. The third kappa shape index (κ3) is 4.63. The van der Waals surface area contributed by atoms with Crippen molar-refractivity contribution in [2.45, 2.75) is 24.9 Å². The fraction of sp³-hybridized carbons (Fsp3) is 0.222. The van der Waals surface area contributed by atoms with Crippen molar-refractivity contribution in [3.8, 4) is 23.0 Å². The lowest BCUT2D eigenvalue weighted by Crippen LogP contribution is -2.55. The standard InChI is InChI=1S/C18H24N6O4/c19-17(20)23-6-5-9-1-4-13-14(7-9)28-16(24-18(21)22)15(27-13)10-2-3-11(25)12(26)8-10/h1-8,15-18,23-26H,19-22H2. The Bertz CT molecular complexity index is 858. The zero-order valence-electron chi connectivity index (χ0n) is 14.9. The van der Waals surface area contributed by atoms with Crippen molar-refractivity contribution in [3.05, 3.63) is 53.7 Å². The zero-order chi connectivity index (χ0) is 20.3. The van der Waals surface area contributed by atoms with E-state index in [-0.39, 0.29) is 11.5 Å². The summed E-state index contributed by atoms with van der Waals surface area (Å²) >= 11 is 0. The molecule has 1 aliphatic rings. The van der Waals surface area contributed by atoms with Crippen LogP contribution in [0.5, 0.6) is 23.0 Å². The molecule has 2 aromatic rings. The number of nitrogens with two attached hydrogens (primary N) is 4. The molecular weight excluding hydrogens is 364 g/mol. The number of rotatable bonds is 6. The topological polar surface area (TPSA) is 187 Å². The van der Waals surface area contributed by atoms with E-state index >= 15 is 0 Å². The molecule has 0 bridgehead atoms. The molecule has 150 valence electrons. The zero-order valence-corrected chi connectivity index (χ0v) is 14.9. The first kappa shape index (κ1) is 19.7. The smallest absolute Gasteiger partial charge is 0.194 e. The van der Waals surface area contributed by atoms with Gasteiger partial charge in [-0.2, -0.15) is 0 Å². The molecule has 0 saturated heterocycles. The molecule has 0 aliphatic carbocycles. The number of phenolic OH excluding ortho intramolecular Hbond substituents is 2. The van der Waals surface area contributed by atoms with Crippen LogP contribution in [0.2, 0.25) is 0 Å². The van der Waals surface area contributed by atoms with E-state index in [1.807, 2.05) is 6.07 Å². The van der Waals surface area contributed by atoms with Gasteiger partial charge in [-0.3, -0.25) is 16.8 Å². The summed E-state index contributed by atoms with van der Waals surface area (Å²) in [6.07, 6.45) is 0.497. The SMILES string of the molecule is NC(N)NC=Cc1ccc2c(c1)OC(NC(N)N)C(c1ccc(O)c(O)c1)O2. The van der Waals surface area contributed by atoms with Crippen LogP contribution in [0.3, 0.4) is 0 Å². The largest absolute Gasteiger partial charge is 0.504 e. The van der Waals surface area contributed by atoms with Crippen molar-refractivity contribution in [3.63, 3.8) is 0 Å². The molecule has 10 heteroatoms. The van der Waals surface area contributed by atoms with Gasteiger partial charge in [-0.15, -0.1) is 0 Å². The molecule has 0 radical (unpaired) electrons. The summed E-state index contributed by atoms with van der Waals surface area (Å²) in [5, 5.41) is 25.0. The minimum atomic E-state index is -0.860. The highest BCUT2D eigenvalue weighted by Crippen LogP contribution is 2.41. The van der Waals surface area contributed by atoms with Crippen molar-refractivity contribution < 1.29 is 19.7 Å². The molecule has 3 rings (SSSR count). The van der Waals surface area contributed by atoms with Crippen LogP contribution >= 0.6 is 0 Å². The molecule has 1 heterocycles. The summed E-state index contributed by atoms with van der Waals surface area (Å²) in [4.78, 5) is 0. The van der Waals surface area contributed by atoms with Gasteiger partial charge in [0, 0.05) is 5.56 Å². The lowest BCUT2D eigenvalue weighted by molar-refractivity contribution is -0.00678. The van der Waals surface area contributed by atoms with Crippen molar-refractivity contribution in [2.24, 2.45) is 22.9 Å². The maximum Gasteiger partial charge on any atom is 0.194 e. The van der Waals surface area contributed by atoms with Crippen LogP contribution in [0, 0.1) is 0 Å². The van der Waals surface area contributed by atoms with Gasteiger partial charge in [0.25, 0.3) is 0 Å². The average molecular weight is 388 g/mol. The van der Waals surface area contributed by atoms with E-state index in [0.717, 1.165) is 5.56 Å². The van der Waals surface area contributed by atoms with Gasteiger partial charge in [-0.25, -0.2) is 0 Å². The average Bonchev–Trinajstić information content (AvgIpc) is 2.62. The fourth-order valence-corrected chi connectivity index (χ4v) is 2.74. The minimum Gasteiger partial charge on any atom is -0.504 e. The van der Waals surface area contributed by atoms with Gasteiger partial charge >= 0.3 is 0 Å². The number of hydrogen-bond donors (Lipinski definition) is 8. The van der Waals surface area contributed by atoms with E-state index in [4.69, 9.17) is 32.4 Å². The second-order valence-electron chi connectivity index (χ2n) is 6.25. The van der Waals surface area contributed by atoms with Gasteiger partial charge in [0.2, 0.25) is 0 Å². The normalized spacial score (nSPS) is 18.8. The molecule has 2 unspecified atom stereocenters. The summed E-state index contributed by atoms with van der Waals surface area (Å²) in [5.41, 5.74) is 23.6. The van der Waals surface area contributed by atoms with E-state index in [9.17, 15) is 10.2 Å². The summed E-state index contributed by atoms with van der Waals surface area (Å²) in [6.45, 7) is 0. The monoisotopic (exact) mass is 388 g/mol.